The van der Waals surface area contributed by atoms with Gasteiger partial charge in [-0.2, -0.15) is 12.6 Å². The molecule has 142 valence electrons. The van der Waals surface area contributed by atoms with Crippen molar-refractivity contribution >= 4 is 36.2 Å². The number of carbonyl (C=O) groups excluding carboxylic acids is 1. The van der Waals surface area contributed by atoms with Crippen molar-refractivity contribution in [3.05, 3.63) is 46.5 Å². The lowest BCUT2D eigenvalue weighted by atomic mass is 9.80. The monoisotopic (exact) mass is 396 g/mol. The Balaban J connectivity index is 2.25. The first-order chi connectivity index (χ1) is 12.4. The molecule has 3 unspecified atom stereocenters. The second kappa shape index (κ2) is 10.0. The Labute approximate surface area is 165 Å². The fourth-order valence-corrected chi connectivity index (χ4v) is 4.37. The van der Waals surface area contributed by atoms with Gasteiger partial charge in [-0.05, 0) is 49.7 Å². The third kappa shape index (κ3) is 5.52. The number of carboxylic acids is 1. The molecule has 1 N–H and O–H groups in total. The fourth-order valence-electron chi connectivity index (χ4n) is 3.73. The van der Waals surface area contributed by atoms with Crippen molar-refractivity contribution in [3.8, 4) is 0 Å². The first-order valence-corrected chi connectivity index (χ1v) is 9.77. The number of aliphatic carboxylic acids is 1. The molecule has 2 rings (SSSR count). The summed E-state index contributed by atoms with van der Waals surface area (Å²) in [5.74, 6) is -1.51. The average molecular weight is 397 g/mol. The van der Waals surface area contributed by atoms with Crippen LogP contribution in [0.15, 0.2) is 35.9 Å². The molecule has 3 atom stereocenters. The molecule has 4 nitrogen and oxygen atoms in total. The number of hydrogen-bond donors (Lipinski definition) is 2. The summed E-state index contributed by atoms with van der Waals surface area (Å²) >= 11 is 10.9. The zero-order valence-electron chi connectivity index (χ0n) is 14.9. The third-order valence-electron chi connectivity index (χ3n) is 5.00. The highest BCUT2D eigenvalue weighted by molar-refractivity contribution is 7.81. The van der Waals surface area contributed by atoms with Gasteiger partial charge in [-0.25, -0.2) is 4.79 Å². The average Bonchev–Trinajstić information content (AvgIpc) is 2.68. The Morgan fingerprint density at radius 2 is 1.96 bits per heavy atom. The Morgan fingerprint density at radius 1 is 1.27 bits per heavy atom. The van der Waals surface area contributed by atoms with Crippen molar-refractivity contribution in [1.82, 2.24) is 0 Å². The maximum absolute atomic E-state index is 12.5. The SMILES string of the molecule is COC(=O)C(c1ccccc1Cl)C1CCCC(=CC(=O)O)C(S)CCC1. The second-order valence-electron chi connectivity index (χ2n) is 6.68. The summed E-state index contributed by atoms with van der Waals surface area (Å²) in [4.78, 5) is 23.6. The minimum Gasteiger partial charge on any atom is -0.478 e. The van der Waals surface area contributed by atoms with Crippen molar-refractivity contribution in [2.24, 2.45) is 5.92 Å². The predicted octanol–water partition coefficient (Wildman–Crippen LogP) is 4.88. The number of ether oxygens (including phenoxy) is 1. The van der Waals surface area contributed by atoms with Crippen LogP contribution in [0.5, 0.6) is 0 Å². The number of thiol groups is 1. The van der Waals surface area contributed by atoms with Crippen molar-refractivity contribution in [3.63, 3.8) is 0 Å². The van der Waals surface area contributed by atoms with Crippen LogP contribution in [0.2, 0.25) is 5.02 Å². The van der Waals surface area contributed by atoms with E-state index < -0.39 is 11.9 Å². The molecule has 0 saturated heterocycles. The normalized spacial score (nSPS) is 24.2. The van der Waals surface area contributed by atoms with Crippen LogP contribution in [0.1, 0.15) is 50.0 Å². The van der Waals surface area contributed by atoms with Gasteiger partial charge in [-0.1, -0.05) is 41.8 Å². The summed E-state index contributed by atoms with van der Waals surface area (Å²) < 4.78 is 5.07. The molecule has 0 aromatic heterocycles. The lowest BCUT2D eigenvalue weighted by Crippen LogP contribution is -2.24. The zero-order valence-corrected chi connectivity index (χ0v) is 16.5. The quantitative estimate of drug-likeness (QED) is 0.432. The lowest BCUT2D eigenvalue weighted by molar-refractivity contribution is -0.144. The molecule has 1 aromatic rings. The molecule has 6 heteroatoms. The van der Waals surface area contributed by atoms with Crippen molar-refractivity contribution in [2.75, 3.05) is 7.11 Å². The van der Waals surface area contributed by atoms with Gasteiger partial charge in [0.1, 0.15) is 0 Å². The Bertz CT molecular complexity index is 674. The summed E-state index contributed by atoms with van der Waals surface area (Å²) in [6.45, 7) is 0. The number of methoxy groups -OCH3 is 1. The molecular formula is C20H25ClO4S. The Morgan fingerprint density at radius 3 is 2.62 bits per heavy atom. The molecule has 1 aromatic carbocycles. The molecule has 26 heavy (non-hydrogen) atoms. The summed E-state index contributed by atoms with van der Waals surface area (Å²) in [5, 5.41) is 9.57. The molecule has 1 saturated carbocycles. The smallest absolute Gasteiger partial charge is 0.328 e. The first-order valence-electron chi connectivity index (χ1n) is 8.87. The van der Waals surface area contributed by atoms with E-state index in [-0.39, 0.29) is 17.1 Å². The van der Waals surface area contributed by atoms with Crippen LogP contribution in [0, 0.1) is 5.92 Å². The molecule has 0 amide bonds. The number of carboxylic acid groups (broad SMARTS) is 1. The van der Waals surface area contributed by atoms with E-state index >= 15 is 0 Å². The van der Waals surface area contributed by atoms with Crippen molar-refractivity contribution < 1.29 is 19.4 Å². The minimum absolute atomic E-state index is 0.0539. The van der Waals surface area contributed by atoms with Gasteiger partial charge in [-0.3, -0.25) is 4.79 Å². The summed E-state index contributed by atoms with van der Waals surface area (Å²) in [7, 11) is 1.40. The highest BCUT2D eigenvalue weighted by Gasteiger charge is 2.32. The summed E-state index contributed by atoms with van der Waals surface area (Å²) in [6, 6.07) is 7.40. The van der Waals surface area contributed by atoms with Crippen LogP contribution in [-0.4, -0.2) is 29.4 Å². The maximum atomic E-state index is 12.5. The number of benzene rings is 1. The van der Waals surface area contributed by atoms with Gasteiger partial charge < -0.3 is 9.84 Å². The molecule has 1 aliphatic rings. The van der Waals surface area contributed by atoms with Crippen LogP contribution in [0.3, 0.4) is 0 Å². The molecule has 0 radical (unpaired) electrons. The molecule has 0 aliphatic heterocycles. The van der Waals surface area contributed by atoms with Gasteiger partial charge in [0.25, 0.3) is 0 Å². The third-order valence-corrected chi connectivity index (χ3v) is 5.93. The van der Waals surface area contributed by atoms with Gasteiger partial charge in [0.15, 0.2) is 0 Å². The van der Waals surface area contributed by atoms with Crippen LogP contribution in [-0.2, 0) is 14.3 Å². The van der Waals surface area contributed by atoms with Crippen LogP contribution in [0.25, 0.3) is 0 Å². The highest BCUT2D eigenvalue weighted by Crippen LogP contribution is 2.39. The molecular weight excluding hydrogens is 372 g/mol. The number of esters is 1. The molecule has 1 aliphatic carbocycles. The van der Waals surface area contributed by atoms with E-state index in [1.807, 2.05) is 18.2 Å². The number of hydrogen-bond acceptors (Lipinski definition) is 4. The van der Waals surface area contributed by atoms with E-state index in [2.05, 4.69) is 12.6 Å². The largest absolute Gasteiger partial charge is 0.478 e. The molecule has 0 bridgehead atoms. The van der Waals surface area contributed by atoms with Gasteiger partial charge in [0.2, 0.25) is 0 Å². The van der Waals surface area contributed by atoms with E-state index in [1.54, 1.807) is 6.07 Å². The van der Waals surface area contributed by atoms with E-state index in [1.165, 1.54) is 13.2 Å². The highest BCUT2D eigenvalue weighted by atomic mass is 35.5. The van der Waals surface area contributed by atoms with Crippen LogP contribution >= 0.6 is 24.2 Å². The van der Waals surface area contributed by atoms with Gasteiger partial charge >= 0.3 is 11.9 Å². The van der Waals surface area contributed by atoms with Crippen LogP contribution < -0.4 is 0 Å². The summed E-state index contributed by atoms with van der Waals surface area (Å²) in [5.41, 5.74) is 1.66. The zero-order chi connectivity index (χ0) is 19.1. The van der Waals surface area contributed by atoms with Crippen molar-refractivity contribution in [2.45, 2.75) is 49.7 Å². The topological polar surface area (TPSA) is 63.6 Å². The Kier molecular flexibility index (Phi) is 8.04. The number of halogens is 1. The number of carbonyl (C=O) groups is 2. The van der Waals surface area contributed by atoms with Gasteiger partial charge in [-0.15, -0.1) is 0 Å². The first kappa shape index (κ1) is 20.8. The predicted molar refractivity (Wildman–Crippen MR) is 106 cm³/mol. The van der Waals surface area contributed by atoms with E-state index in [9.17, 15) is 9.59 Å². The van der Waals surface area contributed by atoms with Crippen molar-refractivity contribution in [1.29, 1.82) is 0 Å². The fraction of sp³-hybridized carbons (Fsp3) is 0.500. The molecule has 1 fully saturated rings. The minimum atomic E-state index is -0.932. The van der Waals surface area contributed by atoms with E-state index in [0.29, 0.717) is 11.4 Å². The Hall–Kier alpha value is -1.46. The number of rotatable bonds is 4. The van der Waals surface area contributed by atoms with Crippen LogP contribution in [0.4, 0.5) is 0 Å². The standard InChI is InChI=1S/C20H25ClO4S/c1-25-20(24)19(15-9-2-3-10-16(15)21)13-6-4-8-14(12-18(22)23)17(26)11-5-7-13/h2-3,9-10,12-13,17,19,26H,4-8,11H2,1H3,(H,22,23). The van der Waals surface area contributed by atoms with E-state index in [4.69, 9.17) is 21.4 Å². The second-order valence-corrected chi connectivity index (χ2v) is 7.71. The van der Waals surface area contributed by atoms with Gasteiger partial charge in [0, 0.05) is 16.3 Å². The summed E-state index contributed by atoms with van der Waals surface area (Å²) in [6.07, 6.45) is 6.07. The van der Waals surface area contributed by atoms with E-state index in [0.717, 1.165) is 43.2 Å². The van der Waals surface area contributed by atoms with Gasteiger partial charge in [0.05, 0.1) is 13.0 Å². The maximum Gasteiger partial charge on any atom is 0.328 e. The lowest BCUT2D eigenvalue weighted by Gasteiger charge is -2.26. The molecule has 0 spiro atoms. The molecule has 0 heterocycles.